The smallest absolute Gasteiger partial charge is 0.244 e. The van der Waals surface area contributed by atoms with Crippen LogP contribution >= 0.6 is 11.6 Å². The Labute approximate surface area is 104 Å². The third-order valence-corrected chi connectivity index (χ3v) is 2.97. The number of aliphatic hydroxyl groups excluding tert-OH is 1. The molecule has 1 N–H and O–H groups in total. The van der Waals surface area contributed by atoms with Crippen LogP contribution in [0.3, 0.4) is 0 Å². The van der Waals surface area contributed by atoms with Gasteiger partial charge in [-0.1, -0.05) is 0 Å². The highest BCUT2D eigenvalue weighted by Gasteiger charge is 2.29. The summed E-state index contributed by atoms with van der Waals surface area (Å²) in [5.74, 6) is 0.774. The van der Waals surface area contributed by atoms with Gasteiger partial charge in [0.2, 0.25) is 11.8 Å². The second-order valence-electron chi connectivity index (χ2n) is 4.23. The van der Waals surface area contributed by atoms with Gasteiger partial charge in [0.15, 0.2) is 0 Å². The van der Waals surface area contributed by atoms with E-state index in [9.17, 15) is 9.90 Å². The molecular weight excluding hydrogens is 244 g/mol. The number of alkyl halides is 1. The van der Waals surface area contributed by atoms with Crippen molar-refractivity contribution in [2.45, 2.75) is 31.8 Å². The highest BCUT2D eigenvalue weighted by molar-refractivity contribution is 6.18. The minimum atomic E-state index is -0.719. The van der Waals surface area contributed by atoms with Crippen LogP contribution in [0.15, 0.2) is 6.07 Å². The fraction of sp³-hybridized carbons (Fsp3) is 0.636. The molecule has 0 aliphatic heterocycles. The van der Waals surface area contributed by atoms with Crippen molar-refractivity contribution in [2.75, 3.05) is 12.5 Å². The van der Waals surface area contributed by atoms with E-state index in [1.165, 1.54) is 11.6 Å². The Morgan fingerprint density at radius 1 is 1.76 bits per heavy atom. The molecule has 1 aromatic heterocycles. The molecule has 0 unspecified atom stereocenters. The Hall–Kier alpha value is -1.07. The average Bonchev–Trinajstić information content (AvgIpc) is 3.06. The summed E-state index contributed by atoms with van der Waals surface area (Å²) in [4.78, 5) is 11.4. The van der Waals surface area contributed by atoms with E-state index in [1.54, 1.807) is 6.07 Å². The van der Waals surface area contributed by atoms with Crippen molar-refractivity contribution < 1.29 is 14.6 Å². The van der Waals surface area contributed by atoms with Crippen molar-refractivity contribution in [2.24, 2.45) is 0 Å². The van der Waals surface area contributed by atoms with Gasteiger partial charge in [-0.2, -0.15) is 0 Å². The van der Waals surface area contributed by atoms with E-state index < -0.39 is 6.10 Å². The highest BCUT2D eigenvalue weighted by atomic mass is 35.5. The van der Waals surface area contributed by atoms with Crippen LogP contribution in [0.4, 0.5) is 0 Å². The van der Waals surface area contributed by atoms with Gasteiger partial charge in [0.05, 0.1) is 11.6 Å². The molecule has 17 heavy (non-hydrogen) atoms. The van der Waals surface area contributed by atoms with Gasteiger partial charge in [0.1, 0.15) is 12.7 Å². The van der Waals surface area contributed by atoms with Crippen molar-refractivity contribution in [1.29, 1.82) is 0 Å². The lowest BCUT2D eigenvalue weighted by Gasteiger charge is -2.06. The second kappa shape index (κ2) is 5.06. The van der Waals surface area contributed by atoms with E-state index in [4.69, 9.17) is 16.3 Å². The van der Waals surface area contributed by atoms with Crippen LogP contribution in [0.5, 0.6) is 5.88 Å². The number of halogens is 1. The number of carbonyl (C=O) groups is 1. The van der Waals surface area contributed by atoms with E-state index in [-0.39, 0.29) is 18.4 Å². The van der Waals surface area contributed by atoms with Crippen molar-refractivity contribution in [3.63, 3.8) is 0 Å². The summed E-state index contributed by atoms with van der Waals surface area (Å²) in [6.45, 7) is 1.55. The number of aromatic nitrogens is 2. The maximum absolute atomic E-state index is 11.4. The number of hydrogen-bond acceptors (Lipinski definition) is 4. The molecule has 94 valence electrons. The van der Waals surface area contributed by atoms with Crippen molar-refractivity contribution in [3.8, 4) is 5.88 Å². The molecule has 1 aromatic rings. The number of carbonyl (C=O) groups excluding carboxylic acids is 1. The van der Waals surface area contributed by atoms with Crippen molar-refractivity contribution >= 4 is 17.5 Å². The zero-order valence-corrected chi connectivity index (χ0v) is 10.4. The summed E-state index contributed by atoms with van der Waals surface area (Å²) in [7, 11) is 0. The summed E-state index contributed by atoms with van der Waals surface area (Å²) in [6, 6.07) is 1.76. The second-order valence-corrected chi connectivity index (χ2v) is 4.54. The Balaban J connectivity index is 2.07. The average molecular weight is 259 g/mol. The van der Waals surface area contributed by atoms with E-state index in [0.29, 0.717) is 11.8 Å². The van der Waals surface area contributed by atoms with Crippen molar-refractivity contribution in [3.05, 3.63) is 11.8 Å². The standard InChI is InChI=1S/C11H15ClN2O3/c1-7(15)14-10(8-2-3-8)4-11(13-14)17-6-9(16)5-12/h4,8-9,16H,2-3,5-6H2,1H3/t9-/m0/s1. The Bertz CT molecular complexity index is 415. The molecule has 1 atom stereocenters. The molecule has 5 nitrogen and oxygen atoms in total. The van der Waals surface area contributed by atoms with Crippen molar-refractivity contribution in [1.82, 2.24) is 9.78 Å². The highest BCUT2D eigenvalue weighted by Crippen LogP contribution is 2.41. The minimum Gasteiger partial charge on any atom is -0.474 e. The Morgan fingerprint density at radius 2 is 2.47 bits per heavy atom. The molecule has 0 radical (unpaired) electrons. The molecule has 1 heterocycles. The van der Waals surface area contributed by atoms with Gasteiger partial charge < -0.3 is 9.84 Å². The van der Waals surface area contributed by atoms with Gasteiger partial charge in [-0.3, -0.25) is 4.79 Å². The summed E-state index contributed by atoms with van der Waals surface area (Å²) in [5, 5.41) is 13.3. The Morgan fingerprint density at radius 3 is 3.00 bits per heavy atom. The SMILES string of the molecule is CC(=O)n1nc(OC[C@@H](O)CCl)cc1C1CC1. The predicted molar refractivity (Wildman–Crippen MR) is 62.7 cm³/mol. The zero-order chi connectivity index (χ0) is 12.4. The molecule has 1 fully saturated rings. The number of rotatable bonds is 5. The molecule has 0 aromatic carbocycles. The fourth-order valence-electron chi connectivity index (χ4n) is 1.59. The largest absolute Gasteiger partial charge is 0.474 e. The van der Waals surface area contributed by atoms with Crippen LogP contribution in [-0.4, -0.2) is 39.4 Å². The maximum atomic E-state index is 11.4. The lowest BCUT2D eigenvalue weighted by atomic mass is 10.3. The fourth-order valence-corrected chi connectivity index (χ4v) is 1.68. The van der Waals surface area contributed by atoms with E-state index in [1.807, 2.05) is 0 Å². The summed E-state index contributed by atoms with van der Waals surface area (Å²) in [5.41, 5.74) is 0.896. The Kier molecular flexibility index (Phi) is 3.69. The van der Waals surface area contributed by atoms with Crippen LogP contribution in [-0.2, 0) is 0 Å². The number of nitrogens with zero attached hydrogens (tertiary/aromatic N) is 2. The zero-order valence-electron chi connectivity index (χ0n) is 9.60. The normalized spacial score (nSPS) is 16.9. The molecule has 1 saturated carbocycles. The maximum Gasteiger partial charge on any atom is 0.244 e. The van der Waals surface area contributed by atoms with Crippen LogP contribution in [0.25, 0.3) is 0 Å². The first-order valence-electron chi connectivity index (χ1n) is 5.59. The van der Waals surface area contributed by atoms with E-state index in [2.05, 4.69) is 5.10 Å². The molecule has 1 aliphatic rings. The lowest BCUT2D eigenvalue weighted by molar-refractivity contribution is 0.0911. The van der Waals surface area contributed by atoms with Gasteiger partial charge in [0.25, 0.3) is 0 Å². The lowest BCUT2D eigenvalue weighted by Crippen LogP contribution is -2.19. The van der Waals surface area contributed by atoms with Gasteiger partial charge in [0, 0.05) is 18.9 Å². The van der Waals surface area contributed by atoms with Gasteiger partial charge in [-0.15, -0.1) is 16.7 Å². The molecule has 0 saturated heterocycles. The van der Waals surface area contributed by atoms with Gasteiger partial charge >= 0.3 is 0 Å². The van der Waals surface area contributed by atoms with Crippen LogP contribution in [0.2, 0.25) is 0 Å². The van der Waals surface area contributed by atoms with Gasteiger partial charge in [-0.25, -0.2) is 4.68 Å². The summed E-state index contributed by atoms with van der Waals surface area (Å²) in [6.07, 6.45) is 1.45. The van der Waals surface area contributed by atoms with Crippen LogP contribution in [0, 0.1) is 0 Å². The summed E-state index contributed by atoms with van der Waals surface area (Å²) >= 11 is 5.46. The first-order valence-corrected chi connectivity index (χ1v) is 6.13. The molecule has 2 rings (SSSR count). The summed E-state index contributed by atoms with van der Waals surface area (Å²) < 4.78 is 6.66. The quantitative estimate of drug-likeness (QED) is 0.811. The third kappa shape index (κ3) is 2.98. The molecule has 0 bridgehead atoms. The predicted octanol–water partition coefficient (Wildman–Crippen LogP) is 1.40. The molecule has 6 heteroatoms. The van der Waals surface area contributed by atoms with Crippen LogP contribution < -0.4 is 4.74 Å². The number of hydrogen-bond donors (Lipinski definition) is 1. The topological polar surface area (TPSA) is 64.4 Å². The third-order valence-electron chi connectivity index (χ3n) is 2.61. The molecule has 0 spiro atoms. The first-order chi connectivity index (χ1) is 8.11. The minimum absolute atomic E-state index is 0.0858. The van der Waals surface area contributed by atoms with E-state index in [0.717, 1.165) is 18.5 Å². The molecule has 1 aliphatic carbocycles. The van der Waals surface area contributed by atoms with E-state index >= 15 is 0 Å². The van der Waals surface area contributed by atoms with Crippen LogP contribution in [0.1, 0.15) is 36.2 Å². The molecule has 0 amide bonds. The number of ether oxygens (including phenoxy) is 1. The number of aliphatic hydroxyl groups is 1. The molecular formula is C11H15ClN2O3. The monoisotopic (exact) mass is 258 g/mol. The van der Waals surface area contributed by atoms with Gasteiger partial charge in [-0.05, 0) is 12.8 Å². The first kappa shape index (κ1) is 12.4.